The van der Waals surface area contributed by atoms with Crippen molar-refractivity contribution in [3.63, 3.8) is 0 Å². The Kier molecular flexibility index (Phi) is 440. The predicted octanol–water partition coefficient (Wildman–Crippen LogP) is -0.775. The van der Waals surface area contributed by atoms with Gasteiger partial charge in [-0.3, -0.25) is 0 Å². The van der Waals surface area contributed by atoms with Crippen molar-refractivity contribution in [2.75, 3.05) is 0 Å². The van der Waals surface area contributed by atoms with Crippen LogP contribution in [0.15, 0.2) is 0 Å². The van der Waals surface area contributed by atoms with E-state index in [2.05, 4.69) is 0 Å². The summed E-state index contributed by atoms with van der Waals surface area (Å²) < 4.78 is 0. The molecule has 1 nitrogen and oxygen atoms in total. The maximum atomic E-state index is 0. The molecule has 5 heavy (non-hydrogen) atoms. The molecular formula is HCoLiMnNiO. The molecule has 0 spiro atoms. The van der Waals surface area contributed by atoms with E-state index < -0.39 is 0 Å². The molecule has 0 aromatic heterocycles. The van der Waals surface area contributed by atoms with Crippen molar-refractivity contribution in [1.29, 1.82) is 0 Å². The van der Waals surface area contributed by atoms with Gasteiger partial charge in [0.2, 0.25) is 0 Å². The second-order valence-corrected chi connectivity index (χ2v) is 0. The van der Waals surface area contributed by atoms with Gasteiger partial charge in [0.25, 0.3) is 0 Å². The number of hydrogen-bond donors (Lipinski definition) is 0. The van der Waals surface area contributed by atoms with E-state index in [1.807, 2.05) is 0 Å². The first-order valence-corrected chi connectivity index (χ1v) is 0. The quantitative estimate of drug-likeness (QED) is 0.455. The molecule has 0 aliphatic carbocycles. The topological polar surface area (TPSA) is 28.5 Å². The maximum absolute atomic E-state index is 0. The Balaban J connectivity index is 0. The van der Waals surface area contributed by atoms with Crippen LogP contribution in [-0.4, -0.2) is 18.9 Å². The molecule has 0 unspecified atom stereocenters. The van der Waals surface area contributed by atoms with Crippen molar-refractivity contribution in [3.8, 4) is 0 Å². The first kappa shape index (κ1) is 60.6. The molecular weight excluding hydrogens is 196 g/mol. The fourth-order valence-corrected chi connectivity index (χ4v) is 0. The van der Waals surface area contributed by atoms with Crippen LogP contribution in [0, 0.1) is 0 Å². The van der Waals surface area contributed by atoms with Crippen LogP contribution in [0.2, 0.25) is 0 Å². The van der Waals surface area contributed by atoms with E-state index in [4.69, 9.17) is 0 Å². The SMILES string of the molecule is [Co+2].[LiH].[Mn].[Ni].[O-2]. The van der Waals surface area contributed by atoms with Gasteiger partial charge in [-0.1, -0.05) is 0 Å². The summed E-state index contributed by atoms with van der Waals surface area (Å²) in [6, 6.07) is 0. The van der Waals surface area contributed by atoms with Gasteiger partial charge < -0.3 is 5.48 Å². The van der Waals surface area contributed by atoms with E-state index >= 15 is 0 Å². The third-order valence-corrected chi connectivity index (χ3v) is 0. The van der Waals surface area contributed by atoms with Gasteiger partial charge in [-0.25, -0.2) is 0 Å². The Hall–Kier alpha value is 2.08. The molecule has 0 rings (SSSR count). The van der Waals surface area contributed by atoms with Crippen LogP contribution in [0.25, 0.3) is 0 Å². The molecule has 0 saturated carbocycles. The Labute approximate surface area is 74.1 Å². The van der Waals surface area contributed by atoms with Crippen LogP contribution >= 0.6 is 0 Å². The minimum atomic E-state index is 0. The summed E-state index contributed by atoms with van der Waals surface area (Å²) in [5.74, 6) is 0. The van der Waals surface area contributed by atoms with Crippen molar-refractivity contribution in [2.45, 2.75) is 0 Å². The van der Waals surface area contributed by atoms with Crippen LogP contribution in [-0.2, 0) is 55.8 Å². The number of rotatable bonds is 0. The van der Waals surface area contributed by atoms with Gasteiger partial charge in [0, 0.05) is 33.6 Å². The molecule has 0 saturated heterocycles. The predicted molar refractivity (Wildman–Crippen MR) is 7.84 cm³/mol. The van der Waals surface area contributed by atoms with Crippen LogP contribution in [0.4, 0.5) is 0 Å². The van der Waals surface area contributed by atoms with Gasteiger partial charge in [-0.05, 0) is 0 Å². The summed E-state index contributed by atoms with van der Waals surface area (Å²) in [6.45, 7) is 0. The normalized spacial score (nSPS) is 0. The number of hydrogen-bond acceptors (Lipinski definition) is 0. The molecule has 5 heteroatoms. The van der Waals surface area contributed by atoms with Crippen LogP contribution in [0.5, 0.6) is 0 Å². The van der Waals surface area contributed by atoms with Gasteiger partial charge in [0.05, 0.1) is 0 Å². The zero-order valence-corrected chi connectivity index (χ0v) is 4.64. The molecule has 0 fully saturated rings. The van der Waals surface area contributed by atoms with Crippen molar-refractivity contribution in [3.05, 3.63) is 0 Å². The molecule has 0 heterocycles. The molecule has 0 aromatic carbocycles. The molecule has 0 amide bonds. The summed E-state index contributed by atoms with van der Waals surface area (Å²) in [4.78, 5) is 0. The molecule has 34 valence electrons. The molecule has 2 radical (unpaired) electrons. The van der Waals surface area contributed by atoms with Gasteiger partial charge in [0.1, 0.15) is 0 Å². The second-order valence-electron chi connectivity index (χ2n) is 0. The van der Waals surface area contributed by atoms with Crippen molar-refractivity contribution in [1.82, 2.24) is 0 Å². The van der Waals surface area contributed by atoms with Crippen LogP contribution in [0.3, 0.4) is 0 Å². The molecule has 0 aliphatic heterocycles. The Morgan fingerprint density at radius 2 is 1.00 bits per heavy atom. The average Bonchev–Trinajstić information content (AvgIpc) is 0. The Morgan fingerprint density at radius 3 is 1.00 bits per heavy atom. The van der Waals surface area contributed by atoms with Crippen molar-refractivity contribution >= 4 is 18.9 Å². The summed E-state index contributed by atoms with van der Waals surface area (Å²) in [5, 5.41) is 0. The summed E-state index contributed by atoms with van der Waals surface area (Å²) >= 11 is 0. The molecule has 0 N–H and O–H groups in total. The minimum Gasteiger partial charge on any atom is -2.00 e. The fourth-order valence-electron chi connectivity index (χ4n) is 0. The zero-order valence-electron chi connectivity index (χ0n) is 1.44. The molecule has 0 atom stereocenters. The molecule has 0 aliphatic rings. The van der Waals surface area contributed by atoms with Gasteiger partial charge in [-0.2, -0.15) is 0 Å². The first-order chi connectivity index (χ1) is 0. The van der Waals surface area contributed by atoms with E-state index in [0.29, 0.717) is 0 Å². The second kappa shape index (κ2) is 36.3. The standard InChI is InChI=1S/Co.Li.Mn.Ni.O.H/q+2;;;;-2;. The van der Waals surface area contributed by atoms with E-state index in [0.717, 1.165) is 0 Å². The fraction of sp³-hybridized carbons (Fsp3) is 0. The van der Waals surface area contributed by atoms with Crippen LogP contribution < -0.4 is 0 Å². The van der Waals surface area contributed by atoms with E-state index in [9.17, 15) is 0 Å². The molecule has 0 aromatic rings. The van der Waals surface area contributed by atoms with Gasteiger partial charge >= 0.3 is 35.6 Å². The summed E-state index contributed by atoms with van der Waals surface area (Å²) in [7, 11) is 0. The van der Waals surface area contributed by atoms with E-state index in [1.165, 1.54) is 0 Å². The third kappa shape index (κ3) is 23.4. The van der Waals surface area contributed by atoms with Gasteiger partial charge in [0.15, 0.2) is 0 Å². The monoisotopic (exact) mass is 196 g/mol. The van der Waals surface area contributed by atoms with Crippen molar-refractivity contribution in [2.24, 2.45) is 0 Å². The largest absolute Gasteiger partial charge is 2.00 e. The van der Waals surface area contributed by atoms with Crippen molar-refractivity contribution < 1.29 is 55.8 Å². The zero-order chi connectivity index (χ0) is 0. The summed E-state index contributed by atoms with van der Waals surface area (Å²) in [6.07, 6.45) is 0. The van der Waals surface area contributed by atoms with Gasteiger partial charge in [-0.15, -0.1) is 0 Å². The Bertz CT molecular complexity index is 11.6. The smallest absolute Gasteiger partial charge is 0 e. The first-order valence-electron chi connectivity index (χ1n) is 0. The minimum absolute atomic E-state index is 0. The third-order valence-electron chi connectivity index (χ3n) is 0. The summed E-state index contributed by atoms with van der Waals surface area (Å²) in [5.41, 5.74) is 0. The van der Waals surface area contributed by atoms with Crippen LogP contribution in [0.1, 0.15) is 0 Å². The van der Waals surface area contributed by atoms with E-state index in [-0.39, 0.29) is 74.7 Å². The maximum Gasteiger partial charge on any atom is 0 e. The average molecular weight is 197 g/mol. The van der Waals surface area contributed by atoms with E-state index in [1.54, 1.807) is 0 Å². The molecule has 0 bridgehead atoms. The Morgan fingerprint density at radius 1 is 1.00 bits per heavy atom.